The Hall–Kier alpha value is -1.25. The number of nitrogens with zero attached hydrogens (tertiary/aromatic N) is 1. The van der Waals surface area contributed by atoms with E-state index in [0.717, 1.165) is 10.6 Å². The Morgan fingerprint density at radius 3 is 2.50 bits per heavy atom. The SMILES string of the molecule is CC1(C)[C@H](NC(=O)OCc2ccccc2)C(=O)N1OCOCC(Cl)(Cl)Cl. The number of nitrogens with one attached hydrogen (secondary N) is 1. The highest BCUT2D eigenvalue weighted by atomic mass is 35.6. The van der Waals surface area contributed by atoms with E-state index in [1.54, 1.807) is 13.8 Å². The number of alkyl carbamates (subject to hydrolysis) is 1. The second-order valence-electron chi connectivity index (χ2n) is 6.14. The van der Waals surface area contributed by atoms with Gasteiger partial charge in [0, 0.05) is 0 Å². The average molecular weight is 426 g/mol. The van der Waals surface area contributed by atoms with Crippen LogP contribution in [0.15, 0.2) is 30.3 Å². The molecule has 0 spiro atoms. The molecule has 1 aromatic carbocycles. The minimum absolute atomic E-state index is 0.110. The van der Waals surface area contributed by atoms with Gasteiger partial charge in [0.25, 0.3) is 5.91 Å². The van der Waals surface area contributed by atoms with Crippen molar-refractivity contribution in [2.75, 3.05) is 13.4 Å². The number of amides is 2. The molecule has 0 saturated carbocycles. The molecule has 26 heavy (non-hydrogen) atoms. The Morgan fingerprint density at radius 1 is 1.27 bits per heavy atom. The first-order valence-corrected chi connectivity index (χ1v) is 8.83. The summed E-state index contributed by atoms with van der Waals surface area (Å²) < 4.78 is 8.58. The molecule has 0 unspecified atom stereocenters. The summed E-state index contributed by atoms with van der Waals surface area (Å²) in [6, 6.07) is 8.44. The van der Waals surface area contributed by atoms with Gasteiger partial charge in [0.15, 0.2) is 6.79 Å². The normalized spacial score (nSPS) is 19.0. The first-order chi connectivity index (χ1) is 12.1. The van der Waals surface area contributed by atoms with Crippen LogP contribution in [0.3, 0.4) is 0 Å². The van der Waals surface area contributed by atoms with E-state index in [1.807, 2.05) is 30.3 Å². The number of hydrogen-bond acceptors (Lipinski definition) is 5. The highest BCUT2D eigenvalue weighted by Gasteiger charge is 2.56. The standard InChI is InChI=1S/C16H19Cl3N2O5/c1-15(2)12(13(22)21(15)26-10-24-9-16(17,18)19)20-14(23)25-8-11-6-4-3-5-7-11/h3-7,12H,8-10H2,1-2H3,(H,20,23)/t12-/m1/s1. The van der Waals surface area contributed by atoms with Crippen molar-refractivity contribution >= 4 is 46.8 Å². The van der Waals surface area contributed by atoms with Crippen LogP contribution in [0.25, 0.3) is 0 Å². The predicted molar refractivity (Wildman–Crippen MR) is 96.7 cm³/mol. The topological polar surface area (TPSA) is 77.1 Å². The fourth-order valence-electron chi connectivity index (χ4n) is 2.35. The molecule has 1 aliphatic rings. The molecule has 1 aliphatic heterocycles. The molecule has 0 aliphatic carbocycles. The summed E-state index contributed by atoms with van der Waals surface area (Å²) in [5.74, 6) is -0.427. The molecule has 1 heterocycles. The molecular formula is C16H19Cl3N2O5. The van der Waals surface area contributed by atoms with Crippen LogP contribution in [0.4, 0.5) is 4.79 Å². The number of β-lactam (4-membered cyclic amide) rings is 1. The third-order valence-electron chi connectivity index (χ3n) is 3.68. The molecule has 0 aromatic heterocycles. The maximum atomic E-state index is 12.2. The van der Waals surface area contributed by atoms with Crippen molar-refractivity contribution in [3.05, 3.63) is 35.9 Å². The second-order valence-corrected chi connectivity index (χ2v) is 8.65. The Balaban J connectivity index is 1.76. The Labute approximate surface area is 166 Å². The van der Waals surface area contributed by atoms with E-state index in [1.165, 1.54) is 0 Å². The van der Waals surface area contributed by atoms with Gasteiger partial charge in [-0.2, -0.15) is 0 Å². The lowest BCUT2D eigenvalue weighted by Crippen LogP contribution is -2.76. The van der Waals surface area contributed by atoms with E-state index >= 15 is 0 Å². The number of hydrogen-bond donors (Lipinski definition) is 1. The van der Waals surface area contributed by atoms with E-state index in [0.29, 0.717) is 0 Å². The highest BCUT2D eigenvalue weighted by molar-refractivity contribution is 6.67. The van der Waals surface area contributed by atoms with Gasteiger partial charge in [0.2, 0.25) is 3.79 Å². The minimum Gasteiger partial charge on any atom is -0.445 e. The molecule has 144 valence electrons. The van der Waals surface area contributed by atoms with Crippen LogP contribution in [0.5, 0.6) is 0 Å². The summed E-state index contributed by atoms with van der Waals surface area (Å²) in [4.78, 5) is 29.3. The third kappa shape index (κ3) is 5.62. The van der Waals surface area contributed by atoms with E-state index < -0.39 is 27.4 Å². The average Bonchev–Trinajstić information content (AvgIpc) is 2.57. The summed E-state index contributed by atoms with van der Waals surface area (Å²) in [5.41, 5.74) is 0.0598. The molecule has 7 nitrogen and oxygen atoms in total. The lowest BCUT2D eigenvalue weighted by atomic mass is 9.85. The van der Waals surface area contributed by atoms with Crippen molar-refractivity contribution in [1.82, 2.24) is 10.4 Å². The summed E-state index contributed by atoms with van der Waals surface area (Å²) in [7, 11) is 0. The number of carbonyl (C=O) groups is 2. The maximum absolute atomic E-state index is 12.2. The van der Waals surface area contributed by atoms with Crippen LogP contribution in [-0.4, -0.2) is 45.8 Å². The lowest BCUT2D eigenvalue weighted by molar-refractivity contribution is -0.287. The molecule has 0 bridgehead atoms. The van der Waals surface area contributed by atoms with Gasteiger partial charge in [-0.1, -0.05) is 65.1 Å². The monoisotopic (exact) mass is 424 g/mol. The number of benzene rings is 1. The van der Waals surface area contributed by atoms with Gasteiger partial charge in [-0.15, -0.1) is 0 Å². The molecule has 10 heteroatoms. The Morgan fingerprint density at radius 2 is 1.92 bits per heavy atom. The molecular weight excluding hydrogens is 407 g/mol. The van der Waals surface area contributed by atoms with Crippen LogP contribution >= 0.6 is 34.8 Å². The number of hydroxylamine groups is 2. The summed E-state index contributed by atoms with van der Waals surface area (Å²) in [5, 5.41) is 3.64. The van der Waals surface area contributed by atoms with Crippen LogP contribution in [0.2, 0.25) is 0 Å². The van der Waals surface area contributed by atoms with Crippen LogP contribution in [0, 0.1) is 0 Å². The predicted octanol–water partition coefficient (Wildman–Crippen LogP) is 3.18. The van der Waals surface area contributed by atoms with Gasteiger partial charge >= 0.3 is 6.09 Å². The quantitative estimate of drug-likeness (QED) is 0.314. The van der Waals surface area contributed by atoms with Gasteiger partial charge in [-0.3, -0.25) is 4.79 Å². The van der Waals surface area contributed by atoms with Crippen molar-refractivity contribution in [3.63, 3.8) is 0 Å². The van der Waals surface area contributed by atoms with Crippen LogP contribution in [-0.2, 0) is 25.7 Å². The van der Waals surface area contributed by atoms with E-state index in [4.69, 9.17) is 49.1 Å². The fourth-order valence-corrected chi connectivity index (χ4v) is 2.58. The lowest BCUT2D eigenvalue weighted by Gasteiger charge is -2.51. The van der Waals surface area contributed by atoms with E-state index in [-0.39, 0.29) is 20.0 Å². The number of alkyl halides is 3. The number of halogens is 3. The number of ether oxygens (including phenoxy) is 2. The number of carbonyl (C=O) groups excluding carboxylic acids is 2. The molecule has 2 amide bonds. The highest BCUT2D eigenvalue weighted by Crippen LogP contribution is 2.32. The van der Waals surface area contributed by atoms with Crippen molar-refractivity contribution < 1.29 is 23.9 Å². The molecule has 1 atom stereocenters. The smallest absolute Gasteiger partial charge is 0.408 e. The maximum Gasteiger partial charge on any atom is 0.408 e. The first kappa shape index (κ1) is 21.1. The van der Waals surface area contributed by atoms with Gasteiger partial charge in [0.1, 0.15) is 12.6 Å². The Kier molecular flexibility index (Phi) is 6.99. The van der Waals surface area contributed by atoms with Crippen molar-refractivity contribution in [2.45, 2.75) is 35.8 Å². The molecule has 0 radical (unpaired) electrons. The zero-order valence-electron chi connectivity index (χ0n) is 14.2. The number of rotatable bonds is 7. The van der Waals surface area contributed by atoms with Crippen molar-refractivity contribution in [1.29, 1.82) is 0 Å². The Bertz CT molecular complexity index is 637. The van der Waals surface area contributed by atoms with Crippen LogP contribution in [0.1, 0.15) is 19.4 Å². The molecule has 1 aromatic rings. The molecule has 2 rings (SSSR count). The largest absolute Gasteiger partial charge is 0.445 e. The molecule has 1 fully saturated rings. The third-order valence-corrected chi connectivity index (χ3v) is 4.01. The first-order valence-electron chi connectivity index (χ1n) is 7.70. The summed E-state index contributed by atoms with van der Waals surface area (Å²) >= 11 is 16.6. The molecule has 1 N–H and O–H groups in total. The van der Waals surface area contributed by atoms with Gasteiger partial charge in [-0.25, -0.2) is 14.7 Å². The van der Waals surface area contributed by atoms with E-state index in [2.05, 4.69) is 5.32 Å². The van der Waals surface area contributed by atoms with Gasteiger partial charge < -0.3 is 14.8 Å². The minimum atomic E-state index is -1.57. The molecule has 1 saturated heterocycles. The van der Waals surface area contributed by atoms with Crippen molar-refractivity contribution in [3.8, 4) is 0 Å². The fraction of sp³-hybridized carbons (Fsp3) is 0.500. The second kappa shape index (κ2) is 8.63. The van der Waals surface area contributed by atoms with E-state index in [9.17, 15) is 9.59 Å². The summed E-state index contributed by atoms with van der Waals surface area (Å²) in [6.45, 7) is 3.11. The van der Waals surface area contributed by atoms with Crippen LogP contribution < -0.4 is 5.32 Å². The van der Waals surface area contributed by atoms with Gasteiger partial charge in [-0.05, 0) is 19.4 Å². The zero-order chi connectivity index (χ0) is 19.4. The summed E-state index contributed by atoms with van der Waals surface area (Å²) in [6.07, 6.45) is -0.688. The zero-order valence-corrected chi connectivity index (χ0v) is 16.5. The van der Waals surface area contributed by atoms with Gasteiger partial charge in [0.05, 0.1) is 12.1 Å². The van der Waals surface area contributed by atoms with Crippen molar-refractivity contribution in [2.24, 2.45) is 0 Å².